The summed E-state index contributed by atoms with van der Waals surface area (Å²) in [5.74, 6) is 1.18. The molecule has 3 aliphatic rings. The van der Waals surface area contributed by atoms with Crippen molar-refractivity contribution in [1.29, 1.82) is 0 Å². The lowest BCUT2D eigenvalue weighted by atomic mass is 9.64. The molecule has 1 fully saturated rings. The van der Waals surface area contributed by atoms with E-state index in [4.69, 9.17) is 14.2 Å². The molecule has 2 aliphatic carbocycles. The molecule has 27 heavy (non-hydrogen) atoms. The Morgan fingerprint density at radius 2 is 1.93 bits per heavy atom. The van der Waals surface area contributed by atoms with Crippen LogP contribution in [0, 0.1) is 0 Å². The van der Waals surface area contributed by atoms with Crippen molar-refractivity contribution < 1.29 is 24.1 Å². The Morgan fingerprint density at radius 3 is 2.59 bits per heavy atom. The largest absolute Gasteiger partial charge is 0.504 e. The molecule has 1 aromatic rings. The fourth-order valence-electron chi connectivity index (χ4n) is 5.00. The number of aromatic hydroxyl groups is 1. The van der Waals surface area contributed by atoms with Crippen LogP contribution in [0.15, 0.2) is 29.6 Å². The van der Waals surface area contributed by atoms with E-state index in [1.807, 2.05) is 6.08 Å². The zero-order valence-corrected chi connectivity index (χ0v) is 16.2. The second kappa shape index (κ2) is 6.30. The maximum absolute atomic E-state index is 12.6. The first-order chi connectivity index (χ1) is 13.0. The number of hydrogen-bond donors (Lipinski definition) is 1. The fraction of sp³-hybridized carbons (Fsp3) is 0.476. The maximum Gasteiger partial charge on any atom is 0.220 e. The highest BCUT2D eigenvalue weighted by molar-refractivity contribution is 6.05. The molecule has 0 amide bonds. The van der Waals surface area contributed by atoms with Gasteiger partial charge in [-0.25, -0.2) is 0 Å². The van der Waals surface area contributed by atoms with Gasteiger partial charge in [-0.2, -0.15) is 0 Å². The lowest BCUT2D eigenvalue weighted by Gasteiger charge is -2.47. The molecule has 144 valence electrons. The number of ether oxygens (including phenoxy) is 3. The Hall–Kier alpha value is -2.47. The van der Waals surface area contributed by atoms with Crippen LogP contribution in [0.2, 0.25) is 0 Å². The number of carbonyl (C=O) groups excluding carboxylic acids is 1. The smallest absolute Gasteiger partial charge is 0.220 e. The molecule has 1 aliphatic heterocycles. The molecule has 2 unspecified atom stereocenters. The predicted molar refractivity (Wildman–Crippen MR) is 100 cm³/mol. The number of fused-ring (bicyclic) bond motifs is 1. The number of carbonyl (C=O) groups is 1. The van der Waals surface area contributed by atoms with E-state index in [-0.39, 0.29) is 17.6 Å². The molecule has 1 aromatic carbocycles. The van der Waals surface area contributed by atoms with E-state index in [9.17, 15) is 9.90 Å². The normalized spacial score (nSPS) is 27.0. The maximum atomic E-state index is 12.6. The first-order valence-corrected chi connectivity index (χ1v) is 9.17. The van der Waals surface area contributed by atoms with Crippen LogP contribution in [0.5, 0.6) is 17.2 Å². The number of phenols is 1. The molecule has 1 saturated heterocycles. The van der Waals surface area contributed by atoms with Crippen LogP contribution in [0.1, 0.15) is 24.0 Å². The van der Waals surface area contributed by atoms with E-state index < -0.39 is 5.41 Å². The average Bonchev–Trinajstić information content (AvgIpc) is 2.75. The van der Waals surface area contributed by atoms with Crippen molar-refractivity contribution in [2.45, 2.75) is 30.7 Å². The van der Waals surface area contributed by atoms with E-state index in [1.165, 1.54) is 14.2 Å². The highest BCUT2D eigenvalue weighted by Gasteiger charge is 2.51. The SMILES string of the molecule is COC1=CC23CCN(C)C(CCc4cc(O)c(OC)c(OC)c42)C3=CC1=O. The molecular weight excluding hydrogens is 346 g/mol. The number of rotatable bonds is 3. The number of ketones is 1. The van der Waals surface area contributed by atoms with Gasteiger partial charge < -0.3 is 19.3 Å². The van der Waals surface area contributed by atoms with Crippen LogP contribution in [0.3, 0.4) is 0 Å². The summed E-state index contributed by atoms with van der Waals surface area (Å²) in [6.45, 7) is 0.884. The molecule has 0 radical (unpaired) electrons. The van der Waals surface area contributed by atoms with Gasteiger partial charge in [0.05, 0.1) is 21.3 Å². The van der Waals surface area contributed by atoms with E-state index in [0.717, 1.165) is 42.5 Å². The second-order valence-electron chi connectivity index (χ2n) is 7.43. The van der Waals surface area contributed by atoms with Crippen molar-refractivity contribution in [3.63, 3.8) is 0 Å². The van der Waals surface area contributed by atoms with E-state index in [0.29, 0.717) is 17.3 Å². The van der Waals surface area contributed by atoms with Gasteiger partial charge in [0.15, 0.2) is 17.3 Å². The highest BCUT2D eigenvalue weighted by atomic mass is 16.5. The summed E-state index contributed by atoms with van der Waals surface area (Å²) < 4.78 is 16.6. The molecule has 4 rings (SSSR count). The summed E-state index contributed by atoms with van der Waals surface area (Å²) >= 11 is 0. The minimum absolute atomic E-state index is 0.0719. The molecule has 0 saturated carbocycles. The summed E-state index contributed by atoms with van der Waals surface area (Å²) in [6.07, 6.45) is 6.14. The Balaban J connectivity index is 2.08. The average molecular weight is 371 g/mol. The quantitative estimate of drug-likeness (QED) is 0.880. The molecule has 6 nitrogen and oxygen atoms in total. The molecule has 1 N–H and O–H groups in total. The van der Waals surface area contributed by atoms with Gasteiger partial charge in [-0.05, 0) is 62.2 Å². The topological polar surface area (TPSA) is 68.2 Å². The van der Waals surface area contributed by atoms with Gasteiger partial charge in [0.25, 0.3) is 0 Å². The summed E-state index contributed by atoms with van der Waals surface area (Å²) in [6, 6.07) is 1.93. The second-order valence-corrected chi connectivity index (χ2v) is 7.43. The third-order valence-corrected chi connectivity index (χ3v) is 6.23. The Morgan fingerprint density at radius 1 is 1.19 bits per heavy atom. The number of likely N-dealkylation sites (N-methyl/N-ethyl adjacent to an activating group) is 1. The minimum Gasteiger partial charge on any atom is -0.504 e. The predicted octanol–water partition coefficient (Wildman–Crippen LogP) is 2.34. The molecule has 2 atom stereocenters. The third kappa shape index (κ3) is 2.39. The number of methoxy groups -OCH3 is 3. The van der Waals surface area contributed by atoms with Gasteiger partial charge in [-0.1, -0.05) is 0 Å². The van der Waals surface area contributed by atoms with E-state index >= 15 is 0 Å². The Bertz CT molecular complexity index is 872. The highest BCUT2D eigenvalue weighted by Crippen LogP contribution is 2.56. The van der Waals surface area contributed by atoms with Crippen molar-refractivity contribution >= 4 is 5.78 Å². The van der Waals surface area contributed by atoms with Crippen LogP contribution in [-0.2, 0) is 21.4 Å². The first-order valence-electron chi connectivity index (χ1n) is 9.17. The minimum atomic E-state index is -0.505. The molecule has 1 heterocycles. The molecule has 0 spiro atoms. The lowest BCUT2D eigenvalue weighted by molar-refractivity contribution is -0.114. The standard InChI is InChI=1S/C21H25NO5/c1-22-8-7-21-11-17(25-2)15(23)10-13(21)14(22)6-5-12-9-16(24)19(26-3)20(27-4)18(12)21/h9-11,14,24H,5-8H2,1-4H3. The zero-order chi connectivity index (χ0) is 19.3. The summed E-state index contributed by atoms with van der Waals surface area (Å²) in [5.41, 5.74) is 2.57. The number of piperidine rings is 1. The van der Waals surface area contributed by atoms with Crippen LogP contribution >= 0.6 is 0 Å². The van der Waals surface area contributed by atoms with Gasteiger partial charge in [0.2, 0.25) is 11.5 Å². The van der Waals surface area contributed by atoms with Crippen molar-refractivity contribution in [3.8, 4) is 17.2 Å². The van der Waals surface area contributed by atoms with Crippen LogP contribution < -0.4 is 9.47 Å². The van der Waals surface area contributed by atoms with Crippen molar-refractivity contribution in [1.82, 2.24) is 4.90 Å². The van der Waals surface area contributed by atoms with Crippen molar-refractivity contribution in [2.24, 2.45) is 0 Å². The number of allylic oxidation sites excluding steroid dienone is 2. The summed E-state index contributed by atoms with van der Waals surface area (Å²) in [4.78, 5) is 14.9. The van der Waals surface area contributed by atoms with Gasteiger partial charge in [-0.15, -0.1) is 0 Å². The van der Waals surface area contributed by atoms with E-state index in [1.54, 1.807) is 19.3 Å². The number of likely N-dealkylation sites (tertiary alicyclic amines) is 1. The Kier molecular flexibility index (Phi) is 4.18. The summed E-state index contributed by atoms with van der Waals surface area (Å²) in [7, 11) is 6.73. The van der Waals surface area contributed by atoms with Crippen LogP contribution in [0.25, 0.3) is 0 Å². The fourth-order valence-corrected chi connectivity index (χ4v) is 5.00. The van der Waals surface area contributed by atoms with Crippen molar-refractivity contribution in [2.75, 3.05) is 34.9 Å². The van der Waals surface area contributed by atoms with Gasteiger partial charge in [0, 0.05) is 17.0 Å². The number of nitrogens with zero attached hydrogens (tertiary/aromatic N) is 1. The lowest BCUT2D eigenvalue weighted by Crippen LogP contribution is -2.49. The zero-order valence-electron chi connectivity index (χ0n) is 16.2. The third-order valence-electron chi connectivity index (χ3n) is 6.23. The molecule has 6 heteroatoms. The van der Waals surface area contributed by atoms with Gasteiger partial charge in [0.1, 0.15) is 0 Å². The van der Waals surface area contributed by atoms with Gasteiger partial charge >= 0.3 is 0 Å². The Labute approximate surface area is 159 Å². The molecule has 0 aromatic heterocycles. The molecular formula is C21H25NO5. The number of phenolic OH excluding ortho intramolecular Hbond substituents is 1. The number of hydrogen-bond acceptors (Lipinski definition) is 6. The van der Waals surface area contributed by atoms with Crippen molar-refractivity contribution in [3.05, 3.63) is 40.7 Å². The number of benzene rings is 1. The van der Waals surface area contributed by atoms with E-state index in [2.05, 4.69) is 11.9 Å². The summed E-state index contributed by atoms with van der Waals surface area (Å²) in [5, 5.41) is 10.5. The first kappa shape index (κ1) is 17.9. The number of aryl methyl sites for hydroxylation is 1. The van der Waals surface area contributed by atoms with Crippen LogP contribution in [0.4, 0.5) is 0 Å². The van der Waals surface area contributed by atoms with Crippen LogP contribution in [-0.4, -0.2) is 56.8 Å². The van der Waals surface area contributed by atoms with Gasteiger partial charge in [-0.3, -0.25) is 9.69 Å². The monoisotopic (exact) mass is 371 g/mol. The molecule has 2 bridgehead atoms.